The predicted molar refractivity (Wildman–Crippen MR) is 80.7 cm³/mol. The van der Waals surface area contributed by atoms with Crippen molar-refractivity contribution in [3.63, 3.8) is 0 Å². The molecule has 114 valence electrons. The maximum atomic E-state index is 11.8. The van der Waals surface area contributed by atoms with Crippen LogP contribution in [0.1, 0.15) is 12.8 Å². The smallest absolute Gasteiger partial charge is 0.332 e. The highest BCUT2D eigenvalue weighted by Crippen LogP contribution is 2.21. The molecule has 0 bridgehead atoms. The lowest BCUT2D eigenvalue weighted by Crippen LogP contribution is -2.36. The van der Waals surface area contributed by atoms with Crippen molar-refractivity contribution in [2.45, 2.75) is 29.9 Å². The van der Waals surface area contributed by atoms with Crippen molar-refractivity contribution in [1.82, 2.24) is 5.32 Å². The number of halogens is 1. The highest BCUT2D eigenvalue weighted by atomic mass is 35.5. The summed E-state index contributed by atoms with van der Waals surface area (Å²) >= 11 is 7.41. The number of aliphatic carboxylic acids is 1. The number of carboxylic acid groups (broad SMARTS) is 1. The first-order valence-electron chi connectivity index (χ1n) is 6.60. The maximum absolute atomic E-state index is 11.8. The van der Waals surface area contributed by atoms with E-state index in [2.05, 4.69) is 5.32 Å². The van der Waals surface area contributed by atoms with Crippen molar-refractivity contribution in [2.75, 3.05) is 12.3 Å². The number of carbonyl (C=O) groups excluding carboxylic acids is 1. The van der Waals surface area contributed by atoms with E-state index < -0.39 is 18.2 Å². The lowest BCUT2D eigenvalue weighted by Gasteiger charge is -2.11. The summed E-state index contributed by atoms with van der Waals surface area (Å²) < 4.78 is 5.18. The lowest BCUT2D eigenvalue weighted by molar-refractivity contribution is -0.151. The molecule has 2 N–H and O–H groups in total. The SMILES string of the molecule is O=C(NCCSc1ccc(Cl)cc1)[C@@H]1CC[C@H](C(=O)O)O1. The van der Waals surface area contributed by atoms with Gasteiger partial charge in [-0.15, -0.1) is 11.8 Å². The Labute approximate surface area is 132 Å². The van der Waals surface area contributed by atoms with E-state index in [1.54, 1.807) is 11.8 Å². The van der Waals surface area contributed by atoms with E-state index >= 15 is 0 Å². The highest BCUT2D eigenvalue weighted by Gasteiger charge is 2.34. The molecule has 0 saturated carbocycles. The number of ether oxygens (including phenoxy) is 1. The minimum atomic E-state index is -1.01. The van der Waals surface area contributed by atoms with Gasteiger partial charge in [0.15, 0.2) is 6.10 Å². The van der Waals surface area contributed by atoms with Crippen LogP contribution >= 0.6 is 23.4 Å². The summed E-state index contributed by atoms with van der Waals surface area (Å²) in [4.78, 5) is 23.6. The van der Waals surface area contributed by atoms with Crippen molar-refractivity contribution < 1.29 is 19.4 Å². The molecule has 0 aromatic heterocycles. The number of rotatable bonds is 6. The highest BCUT2D eigenvalue weighted by molar-refractivity contribution is 7.99. The van der Waals surface area contributed by atoms with Crippen molar-refractivity contribution in [3.8, 4) is 0 Å². The summed E-state index contributed by atoms with van der Waals surface area (Å²) in [6, 6.07) is 7.49. The van der Waals surface area contributed by atoms with Gasteiger partial charge in [0, 0.05) is 22.2 Å². The van der Waals surface area contributed by atoms with E-state index in [0.717, 1.165) is 10.6 Å². The molecule has 0 aliphatic carbocycles. The summed E-state index contributed by atoms with van der Waals surface area (Å²) in [5, 5.41) is 12.3. The van der Waals surface area contributed by atoms with E-state index in [1.165, 1.54) is 0 Å². The third-order valence-corrected chi connectivity index (χ3v) is 4.34. The third kappa shape index (κ3) is 4.91. The van der Waals surface area contributed by atoms with Crippen LogP contribution in [0, 0.1) is 0 Å². The Hall–Kier alpha value is -1.24. The van der Waals surface area contributed by atoms with Gasteiger partial charge < -0.3 is 15.2 Å². The zero-order chi connectivity index (χ0) is 15.2. The average Bonchev–Trinajstić information content (AvgIpc) is 2.95. The second-order valence-corrected chi connectivity index (χ2v) is 6.23. The van der Waals surface area contributed by atoms with E-state index in [4.69, 9.17) is 21.4 Å². The molecule has 7 heteroatoms. The van der Waals surface area contributed by atoms with Crippen LogP contribution in [-0.4, -0.2) is 41.5 Å². The molecule has 21 heavy (non-hydrogen) atoms. The minimum Gasteiger partial charge on any atom is -0.479 e. The number of carboxylic acids is 1. The van der Waals surface area contributed by atoms with E-state index in [1.807, 2.05) is 24.3 Å². The Kier molecular flexibility index (Phi) is 5.90. The van der Waals surface area contributed by atoms with Crippen molar-refractivity contribution >= 4 is 35.2 Å². The normalized spacial score (nSPS) is 21.2. The van der Waals surface area contributed by atoms with Gasteiger partial charge in [0.25, 0.3) is 0 Å². The molecule has 2 rings (SSSR count). The summed E-state index contributed by atoms with van der Waals surface area (Å²) in [6.07, 6.45) is -0.670. The van der Waals surface area contributed by atoms with Crippen LogP contribution in [0.2, 0.25) is 5.02 Å². The van der Waals surface area contributed by atoms with Crippen molar-refractivity contribution in [1.29, 1.82) is 0 Å². The van der Waals surface area contributed by atoms with Gasteiger partial charge in [-0.25, -0.2) is 4.79 Å². The lowest BCUT2D eigenvalue weighted by atomic mass is 10.2. The van der Waals surface area contributed by atoms with Gasteiger partial charge in [0.05, 0.1) is 0 Å². The molecule has 1 fully saturated rings. The number of hydrogen-bond acceptors (Lipinski definition) is 4. The van der Waals surface area contributed by atoms with Gasteiger partial charge in [-0.1, -0.05) is 11.6 Å². The topological polar surface area (TPSA) is 75.6 Å². The van der Waals surface area contributed by atoms with Crippen LogP contribution < -0.4 is 5.32 Å². The summed E-state index contributed by atoms with van der Waals surface area (Å²) in [5.74, 6) is -0.526. The van der Waals surface area contributed by atoms with Crippen LogP contribution in [-0.2, 0) is 14.3 Å². The van der Waals surface area contributed by atoms with E-state index in [9.17, 15) is 9.59 Å². The van der Waals surface area contributed by atoms with Gasteiger partial charge in [-0.3, -0.25) is 4.79 Å². The Bertz CT molecular complexity index is 508. The Balaban J connectivity index is 1.66. The molecule has 5 nitrogen and oxygen atoms in total. The molecule has 1 aliphatic heterocycles. The molecule has 0 spiro atoms. The molecular formula is C14H16ClNO4S. The van der Waals surface area contributed by atoms with Crippen LogP contribution in [0.25, 0.3) is 0 Å². The second-order valence-electron chi connectivity index (χ2n) is 4.62. The second kappa shape index (κ2) is 7.68. The van der Waals surface area contributed by atoms with Crippen molar-refractivity contribution in [2.24, 2.45) is 0 Å². The number of nitrogens with one attached hydrogen (secondary N) is 1. The molecule has 1 heterocycles. The average molecular weight is 330 g/mol. The van der Waals surface area contributed by atoms with Gasteiger partial charge in [-0.2, -0.15) is 0 Å². The standard InChI is InChI=1S/C14H16ClNO4S/c15-9-1-3-10(4-2-9)21-8-7-16-13(17)11-5-6-12(20-11)14(18)19/h1-4,11-12H,5-8H2,(H,16,17)(H,18,19)/t11-,12+/m0/s1. The molecular weight excluding hydrogens is 314 g/mol. The van der Waals surface area contributed by atoms with Crippen molar-refractivity contribution in [3.05, 3.63) is 29.3 Å². The molecule has 0 unspecified atom stereocenters. The molecule has 0 radical (unpaired) electrons. The molecule has 1 aromatic carbocycles. The van der Waals surface area contributed by atoms with Crippen LogP contribution in [0.4, 0.5) is 0 Å². The van der Waals surface area contributed by atoms with Gasteiger partial charge in [-0.05, 0) is 37.1 Å². The zero-order valence-electron chi connectivity index (χ0n) is 11.3. The third-order valence-electron chi connectivity index (χ3n) is 3.07. The molecule has 1 aromatic rings. The molecule has 1 saturated heterocycles. The Morgan fingerprint density at radius 2 is 1.95 bits per heavy atom. The van der Waals surface area contributed by atoms with Crippen LogP contribution in [0.3, 0.4) is 0 Å². The first-order chi connectivity index (χ1) is 10.1. The van der Waals surface area contributed by atoms with E-state index in [-0.39, 0.29) is 5.91 Å². The summed E-state index contributed by atoms with van der Waals surface area (Å²) in [5.41, 5.74) is 0. The first kappa shape index (κ1) is 16.1. The number of amides is 1. The molecule has 1 amide bonds. The number of hydrogen-bond donors (Lipinski definition) is 2. The zero-order valence-corrected chi connectivity index (χ0v) is 12.8. The van der Waals surface area contributed by atoms with Gasteiger partial charge >= 0.3 is 5.97 Å². The van der Waals surface area contributed by atoms with Gasteiger partial charge in [0.1, 0.15) is 6.10 Å². The molecule has 2 atom stereocenters. The fraction of sp³-hybridized carbons (Fsp3) is 0.429. The number of thioether (sulfide) groups is 1. The summed E-state index contributed by atoms with van der Waals surface area (Å²) in [6.45, 7) is 0.504. The number of carbonyl (C=O) groups is 2. The largest absolute Gasteiger partial charge is 0.479 e. The fourth-order valence-electron chi connectivity index (χ4n) is 2.00. The number of benzene rings is 1. The van der Waals surface area contributed by atoms with Gasteiger partial charge in [0.2, 0.25) is 5.91 Å². The van der Waals surface area contributed by atoms with Crippen LogP contribution in [0.15, 0.2) is 29.2 Å². The van der Waals surface area contributed by atoms with Crippen LogP contribution in [0.5, 0.6) is 0 Å². The predicted octanol–water partition coefficient (Wildman–Crippen LogP) is 2.18. The fourth-order valence-corrected chi connectivity index (χ4v) is 2.89. The Morgan fingerprint density at radius 1 is 1.29 bits per heavy atom. The quantitative estimate of drug-likeness (QED) is 0.618. The summed E-state index contributed by atoms with van der Waals surface area (Å²) in [7, 11) is 0. The Morgan fingerprint density at radius 3 is 2.57 bits per heavy atom. The molecule has 1 aliphatic rings. The first-order valence-corrected chi connectivity index (χ1v) is 7.97. The minimum absolute atomic E-state index is 0.240. The van der Waals surface area contributed by atoms with E-state index in [0.29, 0.717) is 24.4 Å². The maximum Gasteiger partial charge on any atom is 0.332 e. The monoisotopic (exact) mass is 329 g/mol.